The zero-order valence-electron chi connectivity index (χ0n) is 18.6. The van der Waals surface area contributed by atoms with E-state index in [-0.39, 0.29) is 0 Å². The number of rotatable bonds is 4. The molecule has 9 nitrogen and oxygen atoms in total. The van der Waals surface area contributed by atoms with Crippen LogP contribution < -0.4 is 20.3 Å². The number of piperazine rings is 1. The van der Waals surface area contributed by atoms with Gasteiger partial charge in [0.1, 0.15) is 17.3 Å². The molecule has 1 aliphatic rings. The molecule has 3 N–H and O–H groups in total. The summed E-state index contributed by atoms with van der Waals surface area (Å²) in [7, 11) is 3.51. The highest BCUT2D eigenvalue weighted by Crippen LogP contribution is 2.34. The summed E-state index contributed by atoms with van der Waals surface area (Å²) in [5.74, 6) is 1.28. The van der Waals surface area contributed by atoms with Gasteiger partial charge in [-0.3, -0.25) is 9.78 Å². The van der Waals surface area contributed by atoms with Gasteiger partial charge in [0.05, 0.1) is 23.6 Å². The lowest BCUT2D eigenvalue weighted by molar-refractivity contribution is 0.407. The summed E-state index contributed by atoms with van der Waals surface area (Å²) in [6, 6.07) is 11.0. The third kappa shape index (κ3) is 3.48. The number of fused-ring (bicyclic) bond motifs is 2. The number of hydrogen-bond acceptors (Lipinski definition) is 7. The lowest BCUT2D eigenvalue weighted by atomic mass is 10.1. The minimum atomic E-state index is 0.386. The van der Waals surface area contributed by atoms with Crippen molar-refractivity contribution in [3.05, 3.63) is 36.0 Å². The molecule has 164 valence electrons. The molecule has 0 aliphatic carbocycles. The van der Waals surface area contributed by atoms with E-state index >= 15 is 0 Å². The Kier molecular flexibility index (Phi) is 4.87. The first-order chi connectivity index (χ1) is 15.4. The maximum atomic E-state index is 9.92. The molecule has 0 amide bonds. The molecule has 0 saturated carbocycles. The van der Waals surface area contributed by atoms with Gasteiger partial charge in [0, 0.05) is 61.2 Å². The van der Waals surface area contributed by atoms with Crippen molar-refractivity contribution in [3.8, 4) is 11.8 Å². The maximum absolute atomic E-state index is 9.92. The molecular formula is C23H26N8O. The first-order valence-electron chi connectivity index (χ1n) is 10.7. The van der Waals surface area contributed by atoms with Crippen LogP contribution in [0.3, 0.4) is 0 Å². The quantitative estimate of drug-likeness (QED) is 0.456. The number of anilines is 3. The van der Waals surface area contributed by atoms with Gasteiger partial charge in [0.15, 0.2) is 5.82 Å². The molecule has 2 aromatic carbocycles. The van der Waals surface area contributed by atoms with Crippen LogP contribution in [0.4, 0.5) is 17.2 Å². The van der Waals surface area contributed by atoms with Gasteiger partial charge in [-0.05, 0) is 32.0 Å². The maximum Gasteiger partial charge on any atom is 0.161 e. The van der Waals surface area contributed by atoms with Crippen molar-refractivity contribution in [1.82, 2.24) is 25.3 Å². The number of nitrogens with zero attached hydrogens (tertiary/aromatic N) is 5. The van der Waals surface area contributed by atoms with E-state index in [1.165, 1.54) is 0 Å². The number of ether oxygens (including phenoxy) is 1. The topological polar surface area (TPSA) is 107 Å². The zero-order valence-corrected chi connectivity index (χ0v) is 18.6. The molecule has 32 heavy (non-hydrogen) atoms. The average Bonchev–Trinajstić information content (AvgIpc) is 3.34. The van der Waals surface area contributed by atoms with Crippen LogP contribution in [0, 0.1) is 11.3 Å². The van der Waals surface area contributed by atoms with Crippen LogP contribution in [-0.2, 0) is 7.05 Å². The summed E-state index contributed by atoms with van der Waals surface area (Å²) in [5, 5.41) is 30.6. The molecule has 0 spiro atoms. The Hall–Kier alpha value is -3.77. The van der Waals surface area contributed by atoms with Gasteiger partial charge in [-0.15, -0.1) is 0 Å². The number of aryl methyl sites for hydroxylation is 1. The lowest BCUT2D eigenvalue weighted by Gasteiger charge is -2.37. The Balaban J connectivity index is 1.53. The molecule has 0 bridgehead atoms. The molecule has 0 unspecified atom stereocenters. The van der Waals surface area contributed by atoms with E-state index in [0.717, 1.165) is 46.3 Å². The molecular weight excluding hydrogens is 404 g/mol. The minimum Gasteiger partial charge on any atom is -0.494 e. The molecule has 2 atom stereocenters. The van der Waals surface area contributed by atoms with Crippen LogP contribution in [0.1, 0.15) is 19.4 Å². The number of methoxy groups -OCH3 is 1. The summed E-state index contributed by atoms with van der Waals surface area (Å²) >= 11 is 0. The number of aromatic nitrogens is 4. The van der Waals surface area contributed by atoms with Gasteiger partial charge in [-0.25, -0.2) is 0 Å². The van der Waals surface area contributed by atoms with E-state index in [1.54, 1.807) is 11.8 Å². The Labute approximate surface area is 186 Å². The van der Waals surface area contributed by atoms with Crippen LogP contribution in [0.2, 0.25) is 0 Å². The summed E-state index contributed by atoms with van der Waals surface area (Å²) in [6.45, 7) is 6.14. The molecule has 2 aromatic heterocycles. The second-order valence-corrected chi connectivity index (χ2v) is 8.52. The number of hydrogen-bond donors (Lipinski definition) is 3. The number of nitriles is 1. The monoisotopic (exact) mass is 430 g/mol. The predicted octanol–water partition coefficient (Wildman–Crippen LogP) is 3.26. The van der Waals surface area contributed by atoms with Crippen LogP contribution in [0.25, 0.3) is 21.8 Å². The van der Waals surface area contributed by atoms with Crippen molar-refractivity contribution in [3.63, 3.8) is 0 Å². The van der Waals surface area contributed by atoms with E-state index in [1.807, 2.05) is 31.4 Å². The Morgan fingerprint density at radius 2 is 1.97 bits per heavy atom. The molecule has 0 radical (unpaired) electrons. The van der Waals surface area contributed by atoms with Gasteiger partial charge in [-0.2, -0.15) is 15.5 Å². The van der Waals surface area contributed by atoms with Crippen LogP contribution >= 0.6 is 0 Å². The molecule has 3 heterocycles. The van der Waals surface area contributed by atoms with Crippen LogP contribution in [0.5, 0.6) is 5.75 Å². The lowest BCUT2D eigenvalue weighted by Crippen LogP contribution is -2.54. The highest BCUT2D eigenvalue weighted by Gasteiger charge is 2.23. The van der Waals surface area contributed by atoms with Crippen molar-refractivity contribution in [2.24, 2.45) is 7.05 Å². The van der Waals surface area contributed by atoms with E-state index in [4.69, 9.17) is 4.74 Å². The molecule has 1 saturated heterocycles. The molecule has 9 heteroatoms. The second kappa shape index (κ2) is 7.73. The fourth-order valence-electron chi connectivity index (χ4n) is 4.63. The SMILES string of the molecule is COc1cc(Nc2n[nH]c3cc(N4C[C@H](C)N[C@@H](C)C4)cc(C#N)c23)cc2cn(C)nc12. The van der Waals surface area contributed by atoms with Gasteiger partial charge in [0.25, 0.3) is 0 Å². The van der Waals surface area contributed by atoms with E-state index in [0.29, 0.717) is 29.2 Å². The van der Waals surface area contributed by atoms with Crippen LogP contribution in [0.15, 0.2) is 30.5 Å². The first kappa shape index (κ1) is 20.2. The van der Waals surface area contributed by atoms with Gasteiger partial charge in [-0.1, -0.05) is 0 Å². The summed E-state index contributed by atoms with van der Waals surface area (Å²) in [6.07, 6.45) is 1.94. The Morgan fingerprint density at radius 3 is 2.69 bits per heavy atom. The summed E-state index contributed by atoms with van der Waals surface area (Å²) < 4.78 is 7.28. The van der Waals surface area contributed by atoms with Crippen molar-refractivity contribution >= 4 is 39.0 Å². The molecule has 5 rings (SSSR count). The van der Waals surface area contributed by atoms with Gasteiger partial charge in [0.2, 0.25) is 0 Å². The normalized spacial score (nSPS) is 18.8. The number of benzene rings is 2. The minimum absolute atomic E-state index is 0.386. The highest BCUT2D eigenvalue weighted by atomic mass is 16.5. The number of aromatic amines is 1. The molecule has 4 aromatic rings. The summed E-state index contributed by atoms with van der Waals surface area (Å²) in [4.78, 5) is 2.32. The van der Waals surface area contributed by atoms with Gasteiger partial charge < -0.3 is 20.3 Å². The fraction of sp³-hybridized carbons (Fsp3) is 0.348. The van der Waals surface area contributed by atoms with Crippen molar-refractivity contribution in [2.75, 3.05) is 30.4 Å². The standard InChI is InChI=1S/C23H26N8O/c1-13-10-31(11-14(2)25-13)18-6-15(9-24)21-19(8-18)27-28-23(21)26-17-5-16-12-30(3)29-22(16)20(7-17)32-4/h5-8,12-14,25H,10-11H2,1-4H3,(H2,26,27,28)/t13-,14-/m0/s1. The predicted molar refractivity (Wildman–Crippen MR) is 126 cm³/mol. The van der Waals surface area contributed by atoms with Gasteiger partial charge >= 0.3 is 0 Å². The number of H-pyrrole nitrogens is 1. The Bertz CT molecular complexity index is 1340. The third-order valence-electron chi connectivity index (χ3n) is 5.86. The summed E-state index contributed by atoms with van der Waals surface area (Å²) in [5.41, 5.74) is 4.06. The van der Waals surface area contributed by atoms with Crippen molar-refractivity contribution in [2.45, 2.75) is 25.9 Å². The van der Waals surface area contributed by atoms with E-state index < -0.39 is 0 Å². The largest absolute Gasteiger partial charge is 0.494 e. The van der Waals surface area contributed by atoms with Crippen molar-refractivity contribution < 1.29 is 4.74 Å². The van der Waals surface area contributed by atoms with Crippen molar-refractivity contribution in [1.29, 1.82) is 5.26 Å². The number of nitrogens with one attached hydrogen (secondary N) is 3. The average molecular weight is 431 g/mol. The highest BCUT2D eigenvalue weighted by molar-refractivity contribution is 5.99. The molecule has 1 aliphatic heterocycles. The smallest absolute Gasteiger partial charge is 0.161 e. The van der Waals surface area contributed by atoms with Crippen LogP contribution in [-0.4, -0.2) is 52.3 Å². The fourth-order valence-corrected chi connectivity index (χ4v) is 4.63. The second-order valence-electron chi connectivity index (χ2n) is 8.52. The van der Waals surface area contributed by atoms with E-state index in [2.05, 4.69) is 56.8 Å². The molecule has 1 fully saturated rings. The third-order valence-corrected chi connectivity index (χ3v) is 5.86. The first-order valence-corrected chi connectivity index (χ1v) is 10.7. The zero-order chi connectivity index (χ0) is 22.4. The van der Waals surface area contributed by atoms with E-state index in [9.17, 15) is 5.26 Å². The Morgan fingerprint density at radius 1 is 1.19 bits per heavy atom.